The van der Waals surface area contributed by atoms with Crippen molar-refractivity contribution in [3.63, 3.8) is 0 Å². The van der Waals surface area contributed by atoms with Crippen LogP contribution in [0.3, 0.4) is 0 Å². The average molecular weight is 263 g/mol. The smallest absolute Gasteiger partial charge is 0.220 e. The molecule has 0 amide bonds. The molecule has 3 rings (SSSR count). The van der Waals surface area contributed by atoms with Crippen LogP contribution in [0.25, 0.3) is 0 Å². The highest BCUT2D eigenvalue weighted by Crippen LogP contribution is 2.34. The quantitative estimate of drug-likeness (QED) is 0.810. The second kappa shape index (κ2) is 4.98. The van der Waals surface area contributed by atoms with E-state index in [0.29, 0.717) is 23.8 Å². The van der Waals surface area contributed by atoms with Gasteiger partial charge in [-0.2, -0.15) is 4.98 Å². The molecule has 2 saturated heterocycles. The van der Waals surface area contributed by atoms with Gasteiger partial charge in [0, 0.05) is 43.3 Å². The van der Waals surface area contributed by atoms with Crippen molar-refractivity contribution in [2.24, 2.45) is 0 Å². The van der Waals surface area contributed by atoms with E-state index in [-0.39, 0.29) is 0 Å². The molecule has 2 fully saturated rings. The van der Waals surface area contributed by atoms with Crippen molar-refractivity contribution in [1.29, 1.82) is 0 Å². The first-order chi connectivity index (χ1) is 9.21. The first-order valence-corrected chi connectivity index (χ1v) is 6.73. The molecule has 0 aliphatic carbocycles. The number of ether oxygens (including phenoxy) is 2. The van der Waals surface area contributed by atoms with E-state index in [9.17, 15) is 0 Å². The zero-order chi connectivity index (χ0) is 13.4. The summed E-state index contributed by atoms with van der Waals surface area (Å²) in [6.45, 7) is 3.26. The van der Waals surface area contributed by atoms with Gasteiger partial charge in [0.2, 0.25) is 11.8 Å². The van der Waals surface area contributed by atoms with Gasteiger partial charge in [-0.1, -0.05) is 0 Å². The molecule has 1 aromatic heterocycles. The van der Waals surface area contributed by atoms with Crippen LogP contribution in [0.5, 0.6) is 11.8 Å². The Balaban J connectivity index is 1.73. The molecular weight excluding hydrogens is 242 g/mol. The summed E-state index contributed by atoms with van der Waals surface area (Å²) in [4.78, 5) is 9.33. The van der Waals surface area contributed by atoms with Crippen LogP contribution in [0.1, 0.15) is 12.0 Å². The predicted molar refractivity (Wildman–Crippen MR) is 72.6 cm³/mol. The molecule has 104 valence electrons. The number of hydrogen-bond acceptors (Lipinski definition) is 5. The van der Waals surface area contributed by atoms with Gasteiger partial charge in [0.05, 0.1) is 14.2 Å². The molecule has 2 atom stereocenters. The van der Waals surface area contributed by atoms with Crippen molar-refractivity contribution in [2.75, 3.05) is 34.4 Å². The lowest BCUT2D eigenvalue weighted by atomic mass is 9.87. The molecule has 0 saturated carbocycles. The standard InChI is InChI=1S/C14H21N3O2/c1-16-8-11-6-12(9-16)17(11)7-10-4-5-13(18-2)15-14(10)19-3/h4-5,11-12H,6-9H2,1-3H3. The highest BCUT2D eigenvalue weighted by molar-refractivity contribution is 5.31. The zero-order valence-electron chi connectivity index (χ0n) is 11.8. The fourth-order valence-electron chi connectivity index (χ4n) is 3.22. The number of likely N-dealkylation sites (N-methyl/N-ethyl adjacent to an activating group) is 1. The van der Waals surface area contributed by atoms with Crippen LogP contribution < -0.4 is 9.47 Å². The molecular formula is C14H21N3O2. The highest BCUT2D eigenvalue weighted by atomic mass is 16.5. The van der Waals surface area contributed by atoms with Crippen LogP contribution in [0.2, 0.25) is 0 Å². The van der Waals surface area contributed by atoms with Gasteiger partial charge in [-0.3, -0.25) is 4.90 Å². The molecule has 0 spiro atoms. The average Bonchev–Trinajstić information content (AvgIpc) is 2.44. The monoisotopic (exact) mass is 263 g/mol. The molecule has 3 heterocycles. The highest BCUT2D eigenvalue weighted by Gasteiger charge is 2.43. The second-order valence-electron chi connectivity index (χ2n) is 5.46. The number of aromatic nitrogens is 1. The van der Waals surface area contributed by atoms with Crippen molar-refractivity contribution >= 4 is 0 Å². The number of methoxy groups -OCH3 is 2. The van der Waals surface area contributed by atoms with Crippen LogP contribution in [0, 0.1) is 0 Å². The molecule has 19 heavy (non-hydrogen) atoms. The van der Waals surface area contributed by atoms with E-state index < -0.39 is 0 Å². The Kier molecular flexibility index (Phi) is 3.33. The lowest BCUT2D eigenvalue weighted by Gasteiger charge is -2.55. The minimum atomic E-state index is 0.601. The molecule has 5 heteroatoms. The van der Waals surface area contributed by atoms with E-state index in [1.165, 1.54) is 19.5 Å². The Hall–Kier alpha value is -1.33. The van der Waals surface area contributed by atoms with E-state index in [4.69, 9.17) is 9.47 Å². The Morgan fingerprint density at radius 2 is 1.95 bits per heavy atom. The predicted octanol–water partition coefficient (Wildman–Crippen LogP) is 0.987. The number of nitrogens with zero attached hydrogens (tertiary/aromatic N) is 3. The second-order valence-corrected chi connectivity index (χ2v) is 5.46. The van der Waals surface area contributed by atoms with Gasteiger partial charge in [0.1, 0.15) is 0 Å². The number of rotatable bonds is 4. The Bertz CT molecular complexity index is 454. The van der Waals surface area contributed by atoms with Gasteiger partial charge in [0.25, 0.3) is 0 Å². The number of piperidine rings is 1. The Morgan fingerprint density at radius 3 is 2.58 bits per heavy atom. The zero-order valence-corrected chi connectivity index (χ0v) is 11.8. The molecule has 0 radical (unpaired) electrons. The van der Waals surface area contributed by atoms with Gasteiger partial charge in [-0.05, 0) is 19.5 Å². The number of piperazine rings is 1. The van der Waals surface area contributed by atoms with Gasteiger partial charge < -0.3 is 14.4 Å². The molecule has 0 aromatic carbocycles. The maximum Gasteiger partial charge on any atom is 0.220 e. The fraction of sp³-hybridized carbons (Fsp3) is 0.643. The summed E-state index contributed by atoms with van der Waals surface area (Å²) in [5, 5.41) is 0. The minimum absolute atomic E-state index is 0.601. The summed E-state index contributed by atoms with van der Waals surface area (Å²) in [5.41, 5.74) is 1.14. The third-order valence-corrected chi connectivity index (χ3v) is 4.20. The van der Waals surface area contributed by atoms with E-state index in [1.54, 1.807) is 14.2 Å². The number of fused-ring (bicyclic) bond motifs is 2. The van der Waals surface area contributed by atoms with Crippen molar-refractivity contribution in [2.45, 2.75) is 25.0 Å². The topological polar surface area (TPSA) is 37.8 Å². The van der Waals surface area contributed by atoms with Crippen LogP contribution in [0.15, 0.2) is 12.1 Å². The van der Waals surface area contributed by atoms with E-state index in [0.717, 1.165) is 12.1 Å². The summed E-state index contributed by atoms with van der Waals surface area (Å²) in [7, 11) is 5.49. The van der Waals surface area contributed by atoms with Crippen LogP contribution in [-0.2, 0) is 6.54 Å². The van der Waals surface area contributed by atoms with Gasteiger partial charge in [0.15, 0.2) is 0 Å². The summed E-state index contributed by atoms with van der Waals surface area (Å²) < 4.78 is 10.5. The number of likely N-dealkylation sites (tertiary alicyclic amines) is 2. The van der Waals surface area contributed by atoms with Gasteiger partial charge in [-0.15, -0.1) is 0 Å². The van der Waals surface area contributed by atoms with Crippen LogP contribution >= 0.6 is 0 Å². The molecule has 5 nitrogen and oxygen atoms in total. The van der Waals surface area contributed by atoms with E-state index >= 15 is 0 Å². The maximum atomic E-state index is 5.37. The van der Waals surface area contributed by atoms with Crippen molar-refractivity contribution < 1.29 is 9.47 Å². The first-order valence-electron chi connectivity index (χ1n) is 6.73. The van der Waals surface area contributed by atoms with E-state index in [2.05, 4.69) is 27.9 Å². The fourth-order valence-corrected chi connectivity index (χ4v) is 3.22. The third-order valence-electron chi connectivity index (χ3n) is 4.20. The Morgan fingerprint density at radius 1 is 1.21 bits per heavy atom. The summed E-state index contributed by atoms with van der Waals surface area (Å²) in [6, 6.07) is 5.34. The SMILES string of the molecule is COc1ccc(CN2C3CC2CN(C)C3)c(OC)n1. The van der Waals surface area contributed by atoms with Crippen molar-refractivity contribution in [1.82, 2.24) is 14.8 Å². The van der Waals surface area contributed by atoms with E-state index in [1.807, 2.05) is 6.07 Å². The Labute approximate surface area is 114 Å². The van der Waals surface area contributed by atoms with Gasteiger partial charge in [-0.25, -0.2) is 0 Å². The largest absolute Gasteiger partial charge is 0.481 e. The van der Waals surface area contributed by atoms with Gasteiger partial charge >= 0.3 is 0 Å². The summed E-state index contributed by atoms with van der Waals surface area (Å²) in [6.07, 6.45) is 1.33. The molecule has 2 unspecified atom stereocenters. The van der Waals surface area contributed by atoms with Crippen molar-refractivity contribution in [3.05, 3.63) is 17.7 Å². The number of pyridine rings is 1. The molecule has 2 bridgehead atoms. The minimum Gasteiger partial charge on any atom is -0.481 e. The summed E-state index contributed by atoms with van der Waals surface area (Å²) in [5.74, 6) is 1.28. The van der Waals surface area contributed by atoms with Crippen LogP contribution in [-0.4, -0.2) is 61.2 Å². The van der Waals surface area contributed by atoms with Crippen molar-refractivity contribution in [3.8, 4) is 11.8 Å². The molecule has 0 N–H and O–H groups in total. The molecule has 2 aliphatic rings. The van der Waals surface area contributed by atoms with Crippen LogP contribution in [0.4, 0.5) is 0 Å². The first kappa shape index (κ1) is 12.7. The summed E-state index contributed by atoms with van der Waals surface area (Å²) >= 11 is 0. The third kappa shape index (κ3) is 2.28. The maximum absolute atomic E-state index is 5.37. The molecule has 1 aromatic rings. The normalized spacial score (nSPS) is 26.9. The lowest BCUT2D eigenvalue weighted by Crippen LogP contribution is -2.67. The lowest BCUT2D eigenvalue weighted by molar-refractivity contribution is -0.0671. The molecule has 2 aliphatic heterocycles. The number of hydrogen-bond donors (Lipinski definition) is 0.